The maximum absolute atomic E-state index is 10.2. The van der Waals surface area contributed by atoms with Gasteiger partial charge in [-0.1, -0.05) is 0 Å². The smallest absolute Gasteiger partial charge is 0.329 e. The summed E-state index contributed by atoms with van der Waals surface area (Å²) in [4.78, 5) is 21.4. The first-order valence-corrected chi connectivity index (χ1v) is 7.65. The topological polar surface area (TPSA) is 138 Å². The van der Waals surface area contributed by atoms with Crippen LogP contribution in [0.5, 0.6) is 0 Å². The van der Waals surface area contributed by atoms with Crippen LogP contribution in [0.4, 0.5) is 5.82 Å². The van der Waals surface area contributed by atoms with Gasteiger partial charge in [-0.3, -0.25) is 4.57 Å². The molecule has 0 bridgehead atoms. The third-order valence-corrected chi connectivity index (χ3v) is 4.04. The van der Waals surface area contributed by atoms with E-state index in [0.29, 0.717) is 17.6 Å². The summed E-state index contributed by atoms with van der Waals surface area (Å²) in [5.74, 6) is 0.266. The number of hydrogen-bond acceptors (Lipinski definition) is 9. The van der Waals surface area contributed by atoms with Crippen molar-refractivity contribution >= 4 is 25.6 Å². The van der Waals surface area contributed by atoms with Crippen molar-refractivity contribution < 1.29 is 23.8 Å². The minimum absolute atomic E-state index is 0.118. The molecule has 11 heteroatoms. The lowest BCUT2D eigenvalue weighted by Crippen LogP contribution is -2.19. The summed E-state index contributed by atoms with van der Waals surface area (Å²) in [5, 5.41) is 10.2. The summed E-state index contributed by atoms with van der Waals surface area (Å²) in [6, 6.07) is 0. The summed E-state index contributed by atoms with van der Waals surface area (Å²) >= 11 is 0. The van der Waals surface area contributed by atoms with E-state index in [1.54, 1.807) is 4.57 Å². The van der Waals surface area contributed by atoms with Gasteiger partial charge in [0.2, 0.25) is 0 Å². The first-order valence-electron chi connectivity index (χ1n) is 6.52. The summed E-state index contributed by atoms with van der Waals surface area (Å²) in [5.41, 5.74) is 6.68. The largest absolute Gasteiger partial charge is 0.388 e. The molecule has 1 fully saturated rings. The van der Waals surface area contributed by atoms with Gasteiger partial charge in [0, 0.05) is 13.5 Å². The highest BCUT2D eigenvalue weighted by molar-refractivity contribution is 7.40. The predicted molar refractivity (Wildman–Crippen MR) is 76.4 cm³/mol. The fourth-order valence-electron chi connectivity index (χ4n) is 2.34. The molecule has 10 nitrogen and oxygen atoms in total. The van der Waals surface area contributed by atoms with Crippen molar-refractivity contribution in [2.24, 2.45) is 0 Å². The first-order chi connectivity index (χ1) is 10.6. The van der Waals surface area contributed by atoms with Gasteiger partial charge in [-0.2, -0.15) is 0 Å². The number of imidazole rings is 1. The SMILES string of the molecule is COP(O)OC[C@@H]1CC(O)[C@H](n2cnc3c(N)ncnc32)O1. The Morgan fingerprint density at radius 3 is 3.09 bits per heavy atom. The van der Waals surface area contributed by atoms with Crippen molar-refractivity contribution in [3.8, 4) is 0 Å². The van der Waals surface area contributed by atoms with Crippen LogP contribution in [0.3, 0.4) is 0 Å². The van der Waals surface area contributed by atoms with E-state index < -0.39 is 20.9 Å². The molecule has 2 aromatic rings. The molecule has 3 rings (SSSR count). The average Bonchev–Trinajstić information content (AvgIpc) is 3.09. The predicted octanol–water partition coefficient (Wildman–Crippen LogP) is -0.0609. The van der Waals surface area contributed by atoms with E-state index in [0.717, 1.165) is 0 Å². The lowest BCUT2D eigenvalue weighted by atomic mass is 10.2. The maximum atomic E-state index is 10.2. The van der Waals surface area contributed by atoms with E-state index in [9.17, 15) is 10.00 Å². The fraction of sp³-hybridized carbons (Fsp3) is 0.545. The van der Waals surface area contributed by atoms with Crippen LogP contribution in [0.25, 0.3) is 11.2 Å². The monoisotopic (exact) mass is 329 g/mol. The van der Waals surface area contributed by atoms with E-state index in [1.807, 2.05) is 0 Å². The molecule has 0 amide bonds. The number of nitrogens with two attached hydrogens (primary N) is 1. The number of nitrogen functional groups attached to an aromatic ring is 1. The van der Waals surface area contributed by atoms with Crippen LogP contribution >= 0.6 is 8.60 Å². The van der Waals surface area contributed by atoms with Gasteiger partial charge in [0.15, 0.2) is 17.7 Å². The van der Waals surface area contributed by atoms with Gasteiger partial charge in [-0.05, 0) is 0 Å². The van der Waals surface area contributed by atoms with Crippen molar-refractivity contribution in [2.75, 3.05) is 19.5 Å². The van der Waals surface area contributed by atoms with E-state index >= 15 is 0 Å². The number of anilines is 1. The van der Waals surface area contributed by atoms with E-state index in [1.165, 1.54) is 19.8 Å². The zero-order valence-electron chi connectivity index (χ0n) is 11.7. The van der Waals surface area contributed by atoms with Gasteiger partial charge in [0.05, 0.1) is 19.0 Å². The number of rotatable bonds is 5. The molecule has 1 aliphatic heterocycles. The summed E-state index contributed by atoms with van der Waals surface area (Å²) < 4.78 is 17.1. The molecule has 0 radical (unpaired) electrons. The van der Waals surface area contributed by atoms with Crippen LogP contribution in [0.15, 0.2) is 12.7 Å². The Bertz CT molecular complexity index is 655. The van der Waals surface area contributed by atoms with Gasteiger partial charge in [0.1, 0.15) is 17.9 Å². The second-order valence-corrected chi connectivity index (χ2v) is 5.85. The van der Waals surface area contributed by atoms with Crippen LogP contribution in [0, 0.1) is 0 Å². The van der Waals surface area contributed by atoms with Gasteiger partial charge in [-0.25, -0.2) is 15.0 Å². The highest BCUT2D eigenvalue weighted by Gasteiger charge is 2.36. The molecule has 0 saturated carbocycles. The van der Waals surface area contributed by atoms with Gasteiger partial charge >= 0.3 is 8.60 Å². The van der Waals surface area contributed by atoms with Crippen molar-refractivity contribution in [3.63, 3.8) is 0 Å². The van der Waals surface area contributed by atoms with Crippen molar-refractivity contribution in [3.05, 3.63) is 12.7 Å². The highest BCUT2D eigenvalue weighted by atomic mass is 31.2. The molecule has 0 spiro atoms. The van der Waals surface area contributed by atoms with Gasteiger partial charge < -0.3 is 29.5 Å². The Morgan fingerprint density at radius 1 is 1.50 bits per heavy atom. The standard InChI is InChI=1S/C11H16N5O5P/c1-19-22(18)20-3-6-2-7(17)11(21-6)16-5-15-8-9(12)13-4-14-10(8)16/h4-7,11,17-18H,2-3H2,1H3,(H2,12,13,14)/t6-,7?,11+,22?/m0/s1. The van der Waals surface area contributed by atoms with Crippen LogP contribution in [0.2, 0.25) is 0 Å². The Kier molecular flexibility index (Phi) is 4.48. The molecular formula is C11H16N5O5P. The lowest BCUT2D eigenvalue weighted by Gasteiger charge is -2.17. The van der Waals surface area contributed by atoms with E-state index in [4.69, 9.17) is 15.0 Å². The van der Waals surface area contributed by atoms with Gasteiger partial charge in [-0.15, -0.1) is 0 Å². The second-order valence-electron chi connectivity index (χ2n) is 4.75. The zero-order valence-corrected chi connectivity index (χ0v) is 12.6. The van der Waals surface area contributed by atoms with Crippen LogP contribution < -0.4 is 5.73 Å². The number of aromatic nitrogens is 4. The quantitative estimate of drug-likeness (QED) is 0.644. The third-order valence-electron chi connectivity index (χ3n) is 3.35. The highest BCUT2D eigenvalue weighted by Crippen LogP contribution is 2.35. The molecule has 1 aliphatic rings. The van der Waals surface area contributed by atoms with E-state index in [-0.39, 0.29) is 18.5 Å². The fourth-order valence-corrected chi connectivity index (χ4v) is 2.74. The zero-order chi connectivity index (χ0) is 15.7. The molecule has 3 heterocycles. The number of nitrogens with zero attached hydrogens (tertiary/aromatic N) is 4. The third kappa shape index (κ3) is 2.89. The summed E-state index contributed by atoms with van der Waals surface area (Å²) in [7, 11) is -0.571. The average molecular weight is 329 g/mol. The Morgan fingerprint density at radius 2 is 2.32 bits per heavy atom. The maximum Gasteiger partial charge on any atom is 0.329 e. The molecule has 4 atom stereocenters. The van der Waals surface area contributed by atoms with Crippen molar-refractivity contribution in [1.29, 1.82) is 0 Å². The lowest BCUT2D eigenvalue weighted by molar-refractivity contribution is -0.0469. The minimum Gasteiger partial charge on any atom is -0.388 e. The molecule has 0 aliphatic carbocycles. The molecule has 0 aromatic carbocycles. The van der Waals surface area contributed by atoms with Crippen molar-refractivity contribution in [2.45, 2.75) is 24.9 Å². The molecular weight excluding hydrogens is 313 g/mol. The number of fused-ring (bicyclic) bond motifs is 1. The van der Waals surface area contributed by atoms with Crippen molar-refractivity contribution in [1.82, 2.24) is 19.5 Å². The Balaban J connectivity index is 1.75. The normalized spacial score (nSPS) is 26.6. The van der Waals surface area contributed by atoms with Gasteiger partial charge in [0.25, 0.3) is 0 Å². The first kappa shape index (κ1) is 15.5. The molecule has 120 valence electrons. The summed E-state index contributed by atoms with van der Waals surface area (Å²) in [6.07, 6.45) is 1.41. The second kappa shape index (κ2) is 6.37. The Labute approximate surface area is 126 Å². The minimum atomic E-state index is -1.92. The molecule has 2 unspecified atom stereocenters. The number of ether oxygens (including phenoxy) is 1. The summed E-state index contributed by atoms with van der Waals surface area (Å²) in [6.45, 7) is 0.118. The van der Waals surface area contributed by atoms with Crippen LogP contribution in [0.1, 0.15) is 12.6 Å². The van der Waals surface area contributed by atoms with Crippen LogP contribution in [-0.4, -0.2) is 55.4 Å². The number of hydrogen-bond donors (Lipinski definition) is 3. The molecule has 1 saturated heterocycles. The number of aliphatic hydroxyl groups excluding tert-OH is 1. The van der Waals surface area contributed by atoms with Crippen LogP contribution in [-0.2, 0) is 13.8 Å². The van der Waals surface area contributed by atoms with E-state index in [2.05, 4.69) is 19.5 Å². The molecule has 4 N–H and O–H groups in total. The molecule has 2 aromatic heterocycles. The molecule has 22 heavy (non-hydrogen) atoms. The Hall–Kier alpha value is -1.42. The number of aliphatic hydroxyl groups is 1.